The molecule has 0 spiro atoms. The van der Waals surface area contributed by atoms with Gasteiger partial charge in [-0.15, -0.1) is 0 Å². The third kappa shape index (κ3) is 3.08. The molecule has 0 saturated heterocycles. The van der Waals surface area contributed by atoms with E-state index in [-0.39, 0.29) is 18.0 Å². The molecule has 1 aromatic rings. The van der Waals surface area contributed by atoms with Crippen LogP contribution < -0.4 is 16.2 Å². The van der Waals surface area contributed by atoms with E-state index >= 15 is 0 Å². The van der Waals surface area contributed by atoms with E-state index in [4.69, 9.17) is 10.9 Å². The highest BCUT2D eigenvalue weighted by atomic mass is 16.6. The molecule has 7 heteroatoms. The summed E-state index contributed by atoms with van der Waals surface area (Å²) < 4.78 is 0. The average Bonchev–Trinajstić information content (AvgIpc) is 2.37. The van der Waals surface area contributed by atoms with E-state index in [0.717, 1.165) is 6.42 Å². The molecular weight excluding hydrogens is 236 g/mol. The number of anilines is 2. The van der Waals surface area contributed by atoms with Crippen molar-refractivity contribution >= 4 is 17.1 Å². The van der Waals surface area contributed by atoms with Gasteiger partial charge in [0.2, 0.25) is 0 Å². The maximum Gasteiger partial charge on any atom is 0.316 e. The van der Waals surface area contributed by atoms with Gasteiger partial charge in [-0.05, 0) is 18.6 Å². The van der Waals surface area contributed by atoms with Gasteiger partial charge in [-0.25, -0.2) is 0 Å². The SMILES string of the molecule is CCCN(CCO)c1cccc(NN)c1[N+](=O)[O-]. The first-order valence-corrected chi connectivity index (χ1v) is 5.75. The van der Waals surface area contributed by atoms with Gasteiger partial charge in [0.05, 0.1) is 11.5 Å². The first kappa shape index (κ1) is 14.2. The van der Waals surface area contributed by atoms with Crippen LogP contribution in [0.15, 0.2) is 18.2 Å². The van der Waals surface area contributed by atoms with Crippen molar-refractivity contribution in [3.63, 3.8) is 0 Å². The molecule has 0 amide bonds. The Labute approximate surface area is 105 Å². The van der Waals surface area contributed by atoms with Crippen molar-refractivity contribution in [1.82, 2.24) is 0 Å². The zero-order valence-corrected chi connectivity index (χ0v) is 10.3. The van der Waals surface area contributed by atoms with Crippen LogP contribution in [0.2, 0.25) is 0 Å². The second kappa shape index (κ2) is 6.77. The van der Waals surface area contributed by atoms with E-state index in [1.165, 1.54) is 0 Å². The Kier molecular flexibility index (Phi) is 5.34. The summed E-state index contributed by atoms with van der Waals surface area (Å²) in [6.07, 6.45) is 0.831. The van der Waals surface area contributed by atoms with Gasteiger partial charge in [0, 0.05) is 13.1 Å². The van der Waals surface area contributed by atoms with Crippen LogP contribution in [0.1, 0.15) is 13.3 Å². The van der Waals surface area contributed by atoms with Crippen molar-refractivity contribution in [1.29, 1.82) is 0 Å². The standard InChI is InChI=1S/C11H18N4O3/c1-2-6-14(7-8-16)10-5-3-4-9(13-12)11(10)15(17)18/h3-5,13,16H,2,6-8,12H2,1H3. The van der Waals surface area contributed by atoms with Crippen LogP contribution in [-0.2, 0) is 0 Å². The lowest BCUT2D eigenvalue weighted by atomic mass is 10.2. The molecule has 0 atom stereocenters. The molecule has 0 aliphatic rings. The highest BCUT2D eigenvalue weighted by Crippen LogP contribution is 2.34. The summed E-state index contributed by atoms with van der Waals surface area (Å²) in [5.41, 5.74) is 2.98. The average molecular weight is 254 g/mol. The Balaban J connectivity index is 3.23. The van der Waals surface area contributed by atoms with E-state index in [2.05, 4.69) is 5.43 Å². The van der Waals surface area contributed by atoms with Crippen molar-refractivity contribution in [2.75, 3.05) is 30.0 Å². The minimum Gasteiger partial charge on any atom is -0.395 e. The summed E-state index contributed by atoms with van der Waals surface area (Å²) in [6, 6.07) is 4.90. The van der Waals surface area contributed by atoms with Crippen LogP contribution in [0.4, 0.5) is 17.1 Å². The molecule has 0 saturated carbocycles. The normalized spacial score (nSPS) is 10.2. The topological polar surface area (TPSA) is 105 Å². The summed E-state index contributed by atoms with van der Waals surface area (Å²) in [7, 11) is 0. The molecule has 100 valence electrons. The third-order valence-electron chi connectivity index (χ3n) is 2.56. The minimum absolute atomic E-state index is 0.0581. The van der Waals surface area contributed by atoms with Crippen LogP contribution >= 0.6 is 0 Å². The lowest BCUT2D eigenvalue weighted by molar-refractivity contribution is -0.383. The van der Waals surface area contributed by atoms with E-state index < -0.39 is 4.92 Å². The number of nitrogens with one attached hydrogen (secondary N) is 1. The number of nitro benzene ring substituents is 1. The first-order chi connectivity index (χ1) is 8.65. The molecule has 4 N–H and O–H groups in total. The van der Waals surface area contributed by atoms with Crippen LogP contribution in [-0.4, -0.2) is 29.7 Å². The predicted octanol–water partition coefficient (Wildman–Crippen LogP) is 1.09. The van der Waals surface area contributed by atoms with Crippen LogP contribution in [0, 0.1) is 10.1 Å². The van der Waals surface area contributed by atoms with Gasteiger partial charge in [0.15, 0.2) is 0 Å². The number of aliphatic hydroxyl groups is 1. The number of nitro groups is 1. The zero-order valence-electron chi connectivity index (χ0n) is 10.3. The summed E-state index contributed by atoms with van der Waals surface area (Å²) in [4.78, 5) is 12.4. The minimum atomic E-state index is -0.468. The molecule has 0 aromatic heterocycles. The van der Waals surface area contributed by atoms with E-state index in [1.54, 1.807) is 23.1 Å². The Bertz CT molecular complexity index is 405. The number of hydrogen-bond donors (Lipinski definition) is 3. The second-order valence-corrected chi connectivity index (χ2v) is 3.79. The van der Waals surface area contributed by atoms with Gasteiger partial charge in [-0.1, -0.05) is 13.0 Å². The molecule has 1 rings (SSSR count). The summed E-state index contributed by atoms with van der Waals surface area (Å²) in [5.74, 6) is 5.28. The van der Waals surface area contributed by atoms with Crippen LogP contribution in [0.25, 0.3) is 0 Å². The van der Waals surface area contributed by atoms with Gasteiger partial charge in [-0.3, -0.25) is 16.0 Å². The van der Waals surface area contributed by atoms with Gasteiger partial charge in [-0.2, -0.15) is 0 Å². The largest absolute Gasteiger partial charge is 0.395 e. The third-order valence-corrected chi connectivity index (χ3v) is 2.56. The molecule has 0 heterocycles. The maximum atomic E-state index is 11.1. The Morgan fingerprint density at radius 2 is 2.22 bits per heavy atom. The number of rotatable bonds is 7. The summed E-state index contributed by atoms with van der Waals surface area (Å²) in [6.45, 7) is 2.90. The highest BCUT2D eigenvalue weighted by molar-refractivity contribution is 5.76. The molecule has 1 aromatic carbocycles. The fourth-order valence-corrected chi connectivity index (χ4v) is 1.84. The molecule has 18 heavy (non-hydrogen) atoms. The molecule has 7 nitrogen and oxygen atoms in total. The van der Waals surface area contributed by atoms with Gasteiger partial charge in [0.25, 0.3) is 0 Å². The van der Waals surface area contributed by atoms with Crippen LogP contribution in [0.5, 0.6) is 0 Å². The first-order valence-electron chi connectivity index (χ1n) is 5.75. The number of aliphatic hydroxyl groups excluding tert-OH is 1. The number of para-hydroxylation sites is 1. The van der Waals surface area contributed by atoms with E-state index in [0.29, 0.717) is 18.8 Å². The van der Waals surface area contributed by atoms with Crippen molar-refractivity contribution in [2.24, 2.45) is 5.84 Å². The smallest absolute Gasteiger partial charge is 0.316 e. The van der Waals surface area contributed by atoms with Crippen molar-refractivity contribution in [3.8, 4) is 0 Å². The van der Waals surface area contributed by atoms with E-state index in [9.17, 15) is 10.1 Å². The number of nitrogen functional groups attached to an aromatic ring is 1. The number of nitrogens with zero attached hydrogens (tertiary/aromatic N) is 2. The quantitative estimate of drug-likeness (QED) is 0.382. The van der Waals surface area contributed by atoms with Gasteiger partial charge < -0.3 is 15.4 Å². The summed E-state index contributed by atoms with van der Waals surface area (Å²) >= 11 is 0. The predicted molar refractivity (Wildman–Crippen MR) is 70.5 cm³/mol. The Hall–Kier alpha value is -1.86. The van der Waals surface area contributed by atoms with Gasteiger partial charge >= 0.3 is 5.69 Å². The molecular formula is C11H18N4O3. The lowest BCUT2D eigenvalue weighted by Gasteiger charge is -2.23. The highest BCUT2D eigenvalue weighted by Gasteiger charge is 2.22. The molecule has 0 unspecified atom stereocenters. The number of benzene rings is 1. The van der Waals surface area contributed by atoms with Gasteiger partial charge in [0.1, 0.15) is 11.4 Å². The maximum absolute atomic E-state index is 11.1. The summed E-state index contributed by atoms with van der Waals surface area (Å²) in [5, 5.41) is 20.2. The van der Waals surface area contributed by atoms with Crippen molar-refractivity contribution < 1.29 is 10.0 Å². The molecule has 0 fully saturated rings. The lowest BCUT2D eigenvalue weighted by Crippen LogP contribution is -2.28. The Morgan fingerprint density at radius 1 is 1.50 bits per heavy atom. The fraction of sp³-hybridized carbons (Fsp3) is 0.455. The van der Waals surface area contributed by atoms with Crippen molar-refractivity contribution in [3.05, 3.63) is 28.3 Å². The zero-order chi connectivity index (χ0) is 13.5. The monoisotopic (exact) mass is 254 g/mol. The van der Waals surface area contributed by atoms with E-state index in [1.807, 2.05) is 6.92 Å². The molecule has 0 bridgehead atoms. The van der Waals surface area contributed by atoms with Crippen LogP contribution in [0.3, 0.4) is 0 Å². The van der Waals surface area contributed by atoms with Crippen molar-refractivity contribution in [2.45, 2.75) is 13.3 Å². The molecule has 0 radical (unpaired) electrons. The fourth-order valence-electron chi connectivity index (χ4n) is 1.84. The number of hydrazine groups is 1. The molecule has 0 aliphatic heterocycles. The Morgan fingerprint density at radius 3 is 2.72 bits per heavy atom. The second-order valence-electron chi connectivity index (χ2n) is 3.79. The molecule has 0 aliphatic carbocycles. The number of nitrogens with two attached hydrogens (primary N) is 1. The number of hydrogen-bond acceptors (Lipinski definition) is 6.